The first-order valence-electron chi connectivity index (χ1n) is 44.3. The molecule has 0 spiro atoms. The molecule has 0 aromatic carbocycles. The SMILES string of the molecule is CCOC(=O)CN1CCN(CC(=O)O)CCN(CC(=O)O)CCN([C@H](CO)[C@H](O)CO)CC1.CCOC(=O)CN1CCN(CC(=O)O)CCN([C@H](CO)[C@H](O)CO)CCN(CC(=O)O)CC1.CCOC(=O)CN1CCN(CC(=O)[O-])CCN(CC(=O)[O-])CCN([C@H](CO)[C@H](O)CO)CC1.CCOC(=O)CN1CCN(CC(=O)[O-])CCN([C@H](CO)[C@H](O)CO)CCN(CC(=O)[O-])CC1.[Ca+2].[Ca+2]. The number of carbonyl (C=O) groups is 12. The van der Waals surface area contributed by atoms with E-state index in [-0.39, 0.29) is 266 Å². The third-order valence-corrected chi connectivity index (χ3v) is 22.1. The number of ether oxygens (including phenoxy) is 4. The van der Waals surface area contributed by atoms with Crippen LogP contribution in [0.5, 0.6) is 0 Å². The zero-order valence-electron chi connectivity index (χ0n) is 78.1. The van der Waals surface area contributed by atoms with Gasteiger partial charge in [-0.05, 0) is 27.7 Å². The first-order valence-corrected chi connectivity index (χ1v) is 44.3. The molecule has 134 heavy (non-hydrogen) atoms. The molecular formula is C80H148Ca2N16O36. The third-order valence-electron chi connectivity index (χ3n) is 22.1. The van der Waals surface area contributed by atoms with Crippen molar-refractivity contribution in [3.63, 3.8) is 0 Å². The molecule has 0 aliphatic carbocycles. The van der Waals surface area contributed by atoms with Gasteiger partial charge in [-0.25, -0.2) is 0 Å². The number of aliphatic hydroxyl groups excluding tert-OH is 12. The van der Waals surface area contributed by atoms with Crippen molar-refractivity contribution < 1.29 is 179 Å². The minimum Gasteiger partial charge on any atom is -0.549 e. The third kappa shape index (κ3) is 60.2. The van der Waals surface area contributed by atoms with Gasteiger partial charge >= 0.3 is 123 Å². The van der Waals surface area contributed by atoms with E-state index in [4.69, 9.17) is 18.9 Å². The maximum Gasteiger partial charge on any atom is 2.00 e. The van der Waals surface area contributed by atoms with E-state index < -0.39 is 173 Å². The molecule has 4 fully saturated rings. The summed E-state index contributed by atoms with van der Waals surface area (Å²) in [5, 5.41) is 199. The van der Waals surface area contributed by atoms with Crippen molar-refractivity contribution in [1.29, 1.82) is 0 Å². The molecule has 8 atom stereocenters. The average molecular weight is 1990 g/mol. The maximum absolute atomic E-state index is 12.1. The van der Waals surface area contributed by atoms with Gasteiger partial charge in [0.05, 0.1) is 204 Å². The van der Waals surface area contributed by atoms with Gasteiger partial charge in [-0.15, -0.1) is 0 Å². The van der Waals surface area contributed by atoms with Gasteiger partial charge in [0, 0.05) is 236 Å². The maximum atomic E-state index is 12.1. The summed E-state index contributed by atoms with van der Waals surface area (Å²) < 4.78 is 20.1. The topological polar surface area (TPSA) is 710 Å². The molecule has 16 N–H and O–H groups in total. The van der Waals surface area contributed by atoms with E-state index in [9.17, 15) is 160 Å². The Morgan fingerprint density at radius 1 is 0.216 bits per heavy atom. The number of carbonyl (C=O) groups excluding carboxylic acids is 8. The second-order valence-electron chi connectivity index (χ2n) is 31.7. The van der Waals surface area contributed by atoms with Crippen molar-refractivity contribution in [3.8, 4) is 0 Å². The van der Waals surface area contributed by atoms with Crippen molar-refractivity contribution >= 4 is 147 Å². The fourth-order valence-corrected chi connectivity index (χ4v) is 14.9. The Morgan fingerprint density at radius 2 is 0.336 bits per heavy atom. The minimum atomic E-state index is -1.28. The Hall–Kier alpha value is -4.96. The molecule has 0 aromatic rings. The van der Waals surface area contributed by atoms with Crippen LogP contribution in [0.4, 0.5) is 0 Å². The van der Waals surface area contributed by atoms with Crippen LogP contribution in [0.3, 0.4) is 0 Å². The van der Waals surface area contributed by atoms with Crippen molar-refractivity contribution in [2.45, 2.75) is 76.3 Å². The van der Waals surface area contributed by atoms with Crippen LogP contribution in [0.2, 0.25) is 0 Å². The molecule has 52 nitrogen and oxygen atoms in total. The fourth-order valence-electron chi connectivity index (χ4n) is 14.9. The molecule has 4 aliphatic rings. The summed E-state index contributed by atoms with van der Waals surface area (Å²) in [7, 11) is 0. The van der Waals surface area contributed by atoms with Crippen LogP contribution in [-0.2, 0) is 76.5 Å². The van der Waals surface area contributed by atoms with E-state index in [0.29, 0.717) is 124 Å². The average Bonchev–Trinajstić information content (AvgIpc) is 0.873. The molecule has 54 heteroatoms. The Balaban J connectivity index is 0. The number of hydrogen-bond donors (Lipinski definition) is 16. The minimum absolute atomic E-state index is 0. The molecule has 4 heterocycles. The molecule has 768 valence electrons. The molecule has 0 aromatic heterocycles. The van der Waals surface area contributed by atoms with Gasteiger partial charge in [0.25, 0.3) is 0 Å². The molecule has 4 aliphatic heterocycles. The van der Waals surface area contributed by atoms with Gasteiger partial charge < -0.3 is 140 Å². The van der Waals surface area contributed by atoms with Gasteiger partial charge in [-0.1, -0.05) is 0 Å². The summed E-state index contributed by atoms with van der Waals surface area (Å²) in [4.78, 5) is 165. The van der Waals surface area contributed by atoms with Crippen LogP contribution >= 0.6 is 0 Å². The van der Waals surface area contributed by atoms with Crippen LogP contribution in [0.15, 0.2) is 0 Å². The molecule has 4 saturated heterocycles. The number of carboxylic acids is 8. The van der Waals surface area contributed by atoms with Crippen LogP contribution in [0.1, 0.15) is 27.7 Å². The van der Waals surface area contributed by atoms with E-state index >= 15 is 0 Å². The quantitative estimate of drug-likeness (QED) is 0.0153. The van der Waals surface area contributed by atoms with Gasteiger partial charge in [0.15, 0.2) is 0 Å². The van der Waals surface area contributed by atoms with Crippen molar-refractivity contribution in [1.82, 2.24) is 78.4 Å². The molecule has 0 amide bonds. The summed E-state index contributed by atoms with van der Waals surface area (Å²) in [6, 6.07) is -3.15. The Morgan fingerprint density at radius 3 is 0.440 bits per heavy atom. The monoisotopic (exact) mass is 1990 g/mol. The number of nitrogens with zero attached hydrogens (tertiary/aromatic N) is 16. The van der Waals surface area contributed by atoms with Crippen molar-refractivity contribution in [3.05, 3.63) is 0 Å². The fraction of sp³-hybridized carbons (Fsp3) is 0.850. The molecule has 0 bridgehead atoms. The summed E-state index contributed by atoms with van der Waals surface area (Å²) in [5.74, 6) is -10.8. The number of esters is 4. The van der Waals surface area contributed by atoms with Crippen LogP contribution in [0, 0.1) is 0 Å². The Bertz CT molecular complexity index is 3000. The van der Waals surface area contributed by atoms with Crippen LogP contribution < -0.4 is 20.4 Å². The predicted octanol–water partition coefficient (Wildman–Crippen LogP) is -19.5. The van der Waals surface area contributed by atoms with Gasteiger partial charge in [-0.2, -0.15) is 0 Å². The predicted molar refractivity (Wildman–Crippen MR) is 468 cm³/mol. The second-order valence-corrected chi connectivity index (χ2v) is 31.7. The van der Waals surface area contributed by atoms with Gasteiger partial charge in [-0.3, -0.25) is 117 Å². The zero-order chi connectivity index (χ0) is 99.2. The van der Waals surface area contributed by atoms with Gasteiger partial charge in [0.2, 0.25) is 0 Å². The summed E-state index contributed by atoms with van der Waals surface area (Å²) in [5.41, 5.74) is 0. The zero-order valence-corrected chi connectivity index (χ0v) is 82.5. The van der Waals surface area contributed by atoms with E-state index in [0.717, 1.165) is 0 Å². The number of hydrogen-bond acceptors (Lipinski definition) is 48. The molecular weight excluding hydrogens is 1840 g/mol. The standard InChI is InChI=1S/4C20H38N4O9.2Ca/c2*1-2-33-20(32)13-23-5-3-21(11-18(28)29)7-9-24(16(14-25)17(27)15-26)10-8-22(4-6-23)12-19(30)31;2*1-2-33-20(32)13-23-6-5-21(11-18(28)29)3-4-22(12-19(30)31)7-9-24(10-8-23)16(14-25)17(27)15-26;;/h4*16-17,25-27H,2-15H2,1H3,(H,28,29)(H,30,31);;/q;;;;2*+2/p-4/t4*16-,17-;;/m1111../s1. The number of aliphatic hydroxyl groups is 12. The first-order chi connectivity index (χ1) is 62.8. The Labute approximate surface area is 841 Å². The Kier molecular flexibility index (Phi) is 76.0. The van der Waals surface area contributed by atoms with Crippen molar-refractivity contribution in [2.75, 3.05) is 367 Å². The molecule has 0 unspecified atom stereocenters. The number of rotatable bonds is 44. The van der Waals surface area contributed by atoms with E-state index in [1.54, 1.807) is 96.3 Å². The molecule has 0 radical (unpaired) electrons. The first kappa shape index (κ1) is 131. The second kappa shape index (κ2) is 77.7. The van der Waals surface area contributed by atoms with Crippen LogP contribution in [0.25, 0.3) is 0 Å². The normalized spacial score (nSPS) is 20.1. The molecule has 0 saturated carbocycles. The summed E-state index contributed by atoms with van der Waals surface area (Å²) in [6.45, 7) is 11.0. The molecule has 4 rings (SSSR count). The smallest absolute Gasteiger partial charge is 0.549 e. The van der Waals surface area contributed by atoms with Crippen LogP contribution in [-0.4, -0.2) is 723 Å². The van der Waals surface area contributed by atoms with E-state index in [2.05, 4.69) is 0 Å². The van der Waals surface area contributed by atoms with E-state index in [1.807, 2.05) is 9.80 Å². The number of aliphatic carboxylic acids is 8. The largest absolute Gasteiger partial charge is 2.00 e. The summed E-state index contributed by atoms with van der Waals surface area (Å²) >= 11 is 0. The van der Waals surface area contributed by atoms with E-state index in [1.165, 1.54) is 0 Å². The summed E-state index contributed by atoms with van der Waals surface area (Å²) in [6.07, 6.45) is -4.84. The number of carboxylic acid groups (broad SMARTS) is 8. The van der Waals surface area contributed by atoms with Crippen molar-refractivity contribution in [2.24, 2.45) is 0 Å². The van der Waals surface area contributed by atoms with Gasteiger partial charge in [0.1, 0.15) is 0 Å².